The number of imidazole rings is 1. The van der Waals surface area contributed by atoms with Crippen molar-refractivity contribution in [3.05, 3.63) is 82.4 Å². The number of aromatic nitrogens is 4. The van der Waals surface area contributed by atoms with Crippen molar-refractivity contribution < 1.29 is 4.39 Å². The number of aromatic amines is 1. The van der Waals surface area contributed by atoms with Crippen LogP contribution in [0.25, 0.3) is 22.3 Å². The minimum atomic E-state index is -0.244. The Hall–Kier alpha value is -3.28. The third-order valence-corrected chi connectivity index (χ3v) is 4.17. The van der Waals surface area contributed by atoms with E-state index in [1.807, 2.05) is 24.3 Å². The number of hydrogen-bond acceptors (Lipinski definition) is 3. The second-order valence-electron chi connectivity index (χ2n) is 5.89. The molecule has 1 N–H and O–H groups in total. The van der Waals surface area contributed by atoms with Gasteiger partial charge in [0.15, 0.2) is 5.65 Å². The minimum Gasteiger partial charge on any atom is -0.290 e. The van der Waals surface area contributed by atoms with Gasteiger partial charge in [0.05, 0.1) is 17.8 Å². The molecule has 6 heteroatoms. The van der Waals surface area contributed by atoms with Gasteiger partial charge in [0.25, 0.3) is 0 Å². The third kappa shape index (κ3) is 2.82. The molecule has 0 bridgehead atoms. The molecule has 0 unspecified atom stereocenters. The molecule has 0 saturated carbocycles. The lowest BCUT2D eigenvalue weighted by molar-refractivity contribution is 0.619. The number of nitrogens with one attached hydrogen (secondary N) is 1. The van der Waals surface area contributed by atoms with Crippen LogP contribution in [0.1, 0.15) is 11.3 Å². The quantitative estimate of drug-likeness (QED) is 0.625. The fraction of sp³-hybridized carbons (Fsp3) is 0.105. The first-order valence-corrected chi connectivity index (χ1v) is 7.87. The molecule has 0 aliphatic heterocycles. The van der Waals surface area contributed by atoms with Crippen molar-refractivity contribution in [3.8, 4) is 11.1 Å². The van der Waals surface area contributed by atoms with Crippen LogP contribution in [0.4, 0.5) is 4.39 Å². The van der Waals surface area contributed by atoms with Gasteiger partial charge in [-0.05, 0) is 48.4 Å². The lowest BCUT2D eigenvalue weighted by Gasteiger charge is -2.06. The molecule has 0 spiro atoms. The van der Waals surface area contributed by atoms with E-state index in [0.717, 1.165) is 16.8 Å². The Labute approximate surface area is 142 Å². The summed E-state index contributed by atoms with van der Waals surface area (Å²) in [5.74, 6) is -0.244. The SMILES string of the molecule is Cc1cc(-c2cnc3[nH]c(=O)n(Cc4ccccn4)c3c2)ccc1F. The molecule has 0 aliphatic rings. The summed E-state index contributed by atoms with van der Waals surface area (Å²) in [6, 6.07) is 12.4. The van der Waals surface area contributed by atoms with Crippen molar-refractivity contribution in [2.24, 2.45) is 0 Å². The molecule has 0 radical (unpaired) electrons. The number of fused-ring (bicyclic) bond motifs is 1. The van der Waals surface area contributed by atoms with E-state index in [-0.39, 0.29) is 11.5 Å². The van der Waals surface area contributed by atoms with E-state index in [2.05, 4.69) is 15.0 Å². The molecule has 4 rings (SSSR count). The Morgan fingerprint density at radius 2 is 2.00 bits per heavy atom. The summed E-state index contributed by atoms with van der Waals surface area (Å²) >= 11 is 0. The van der Waals surface area contributed by atoms with Crippen LogP contribution in [0.2, 0.25) is 0 Å². The molecule has 4 aromatic rings. The van der Waals surface area contributed by atoms with Crippen molar-refractivity contribution in [1.82, 2.24) is 19.5 Å². The molecule has 0 amide bonds. The molecule has 0 aliphatic carbocycles. The molecule has 1 aromatic carbocycles. The first kappa shape index (κ1) is 15.3. The molecule has 3 aromatic heterocycles. The summed E-state index contributed by atoms with van der Waals surface area (Å²) in [5, 5.41) is 0. The average molecular weight is 334 g/mol. The maximum atomic E-state index is 13.5. The monoisotopic (exact) mass is 334 g/mol. The molecule has 124 valence electrons. The Morgan fingerprint density at radius 3 is 2.76 bits per heavy atom. The maximum Gasteiger partial charge on any atom is 0.328 e. The molecule has 0 atom stereocenters. The fourth-order valence-electron chi connectivity index (χ4n) is 2.83. The first-order chi connectivity index (χ1) is 12.1. The zero-order valence-corrected chi connectivity index (χ0v) is 13.5. The summed E-state index contributed by atoms with van der Waals surface area (Å²) in [5.41, 5.74) is 4.00. The molecular weight excluding hydrogens is 319 g/mol. The molecular formula is C19H15FN4O. The van der Waals surface area contributed by atoms with Crippen LogP contribution in [0.15, 0.2) is 59.7 Å². The predicted molar refractivity (Wildman–Crippen MR) is 93.8 cm³/mol. The van der Waals surface area contributed by atoms with Crippen molar-refractivity contribution in [1.29, 1.82) is 0 Å². The average Bonchev–Trinajstić information content (AvgIpc) is 2.93. The lowest BCUT2D eigenvalue weighted by Crippen LogP contribution is -2.17. The van der Waals surface area contributed by atoms with Crippen LogP contribution in [0, 0.1) is 12.7 Å². The number of rotatable bonds is 3. The van der Waals surface area contributed by atoms with Gasteiger partial charge in [-0.3, -0.25) is 14.5 Å². The van der Waals surface area contributed by atoms with Crippen LogP contribution in [-0.4, -0.2) is 19.5 Å². The fourth-order valence-corrected chi connectivity index (χ4v) is 2.83. The number of pyridine rings is 2. The Balaban J connectivity index is 1.83. The normalized spacial score (nSPS) is 11.1. The van der Waals surface area contributed by atoms with Crippen molar-refractivity contribution in [2.45, 2.75) is 13.5 Å². The largest absolute Gasteiger partial charge is 0.328 e. The Morgan fingerprint density at radius 1 is 1.12 bits per heavy atom. The van der Waals surface area contributed by atoms with E-state index >= 15 is 0 Å². The highest BCUT2D eigenvalue weighted by Crippen LogP contribution is 2.24. The van der Waals surface area contributed by atoms with Gasteiger partial charge in [0.1, 0.15) is 5.82 Å². The Kier molecular flexibility index (Phi) is 3.65. The number of H-pyrrole nitrogens is 1. The van der Waals surface area contributed by atoms with Gasteiger partial charge in [0.2, 0.25) is 0 Å². The first-order valence-electron chi connectivity index (χ1n) is 7.87. The topological polar surface area (TPSA) is 63.6 Å². The second kappa shape index (κ2) is 5.98. The van der Waals surface area contributed by atoms with Gasteiger partial charge in [0, 0.05) is 18.0 Å². The van der Waals surface area contributed by atoms with Crippen molar-refractivity contribution in [3.63, 3.8) is 0 Å². The van der Waals surface area contributed by atoms with Crippen molar-refractivity contribution in [2.75, 3.05) is 0 Å². The standard InChI is InChI=1S/C19H15FN4O/c1-12-8-13(5-6-16(12)20)14-9-17-18(22-10-14)23-19(25)24(17)11-15-4-2-3-7-21-15/h2-10H,11H2,1H3,(H,22,23,25). The van der Waals surface area contributed by atoms with E-state index < -0.39 is 0 Å². The van der Waals surface area contributed by atoms with Gasteiger partial charge in [-0.2, -0.15) is 0 Å². The summed E-state index contributed by atoms with van der Waals surface area (Å²) in [7, 11) is 0. The van der Waals surface area contributed by atoms with E-state index in [1.165, 1.54) is 6.07 Å². The van der Waals surface area contributed by atoms with Gasteiger partial charge in [-0.15, -0.1) is 0 Å². The van der Waals surface area contributed by atoms with Crippen molar-refractivity contribution >= 4 is 11.2 Å². The molecule has 25 heavy (non-hydrogen) atoms. The van der Waals surface area contributed by atoms with Gasteiger partial charge < -0.3 is 0 Å². The number of benzene rings is 1. The highest BCUT2D eigenvalue weighted by Gasteiger charge is 2.11. The zero-order chi connectivity index (χ0) is 17.4. The van der Waals surface area contributed by atoms with Crippen LogP contribution >= 0.6 is 0 Å². The van der Waals surface area contributed by atoms with E-state index in [1.54, 1.807) is 36.0 Å². The van der Waals surface area contributed by atoms with Crippen LogP contribution in [0.5, 0.6) is 0 Å². The van der Waals surface area contributed by atoms with E-state index in [9.17, 15) is 9.18 Å². The molecule has 0 saturated heterocycles. The van der Waals surface area contributed by atoms with Gasteiger partial charge in [-0.25, -0.2) is 14.2 Å². The van der Waals surface area contributed by atoms with Gasteiger partial charge in [-0.1, -0.05) is 12.1 Å². The van der Waals surface area contributed by atoms with E-state index in [0.29, 0.717) is 23.3 Å². The smallest absolute Gasteiger partial charge is 0.290 e. The zero-order valence-electron chi connectivity index (χ0n) is 13.5. The number of nitrogens with zero attached hydrogens (tertiary/aromatic N) is 3. The maximum absolute atomic E-state index is 13.5. The lowest BCUT2D eigenvalue weighted by atomic mass is 10.0. The third-order valence-electron chi connectivity index (χ3n) is 4.17. The summed E-state index contributed by atoms with van der Waals surface area (Å²) in [6.07, 6.45) is 3.37. The predicted octanol–water partition coefficient (Wildman–Crippen LogP) is 3.28. The summed E-state index contributed by atoms with van der Waals surface area (Å²) < 4.78 is 15.1. The Bertz CT molecular complexity index is 1120. The highest BCUT2D eigenvalue weighted by molar-refractivity contribution is 5.78. The molecule has 3 heterocycles. The second-order valence-corrected chi connectivity index (χ2v) is 5.89. The minimum absolute atomic E-state index is 0.236. The van der Waals surface area contributed by atoms with Crippen LogP contribution in [-0.2, 0) is 6.54 Å². The number of halogens is 1. The van der Waals surface area contributed by atoms with Crippen LogP contribution in [0.3, 0.4) is 0 Å². The van der Waals surface area contributed by atoms with E-state index in [4.69, 9.17) is 0 Å². The van der Waals surface area contributed by atoms with Gasteiger partial charge >= 0.3 is 5.69 Å². The summed E-state index contributed by atoms with van der Waals surface area (Å²) in [6.45, 7) is 2.07. The number of hydrogen-bond donors (Lipinski definition) is 1. The number of aryl methyl sites for hydroxylation is 1. The molecule has 0 fully saturated rings. The molecule has 5 nitrogen and oxygen atoms in total. The highest BCUT2D eigenvalue weighted by atomic mass is 19.1. The van der Waals surface area contributed by atoms with Crippen LogP contribution < -0.4 is 5.69 Å². The summed E-state index contributed by atoms with van der Waals surface area (Å²) in [4.78, 5) is 23.6.